The first-order chi connectivity index (χ1) is 15.1. The van der Waals surface area contributed by atoms with Crippen LogP contribution in [0.15, 0.2) is 73.1 Å². The van der Waals surface area contributed by atoms with Crippen LogP contribution in [0.25, 0.3) is 0 Å². The van der Waals surface area contributed by atoms with E-state index in [0.717, 1.165) is 0 Å². The zero-order valence-electron chi connectivity index (χ0n) is 16.8. The molecule has 0 radical (unpaired) electrons. The number of nitrogens with zero attached hydrogens (tertiary/aromatic N) is 2. The Labute approximate surface area is 179 Å². The summed E-state index contributed by atoms with van der Waals surface area (Å²) < 4.78 is 19.2. The molecule has 0 unspecified atom stereocenters. The molecule has 31 heavy (non-hydrogen) atoms. The van der Waals surface area contributed by atoms with Crippen LogP contribution in [0.2, 0.25) is 0 Å². The third kappa shape index (κ3) is 5.06. The minimum atomic E-state index is -0.436. The molecule has 1 N–H and O–H groups in total. The Hall–Kier alpha value is -3.74. The number of pyridine rings is 1. The van der Waals surface area contributed by atoms with Gasteiger partial charge in [0.15, 0.2) is 11.6 Å². The third-order valence-electron chi connectivity index (χ3n) is 5.27. The van der Waals surface area contributed by atoms with Gasteiger partial charge < -0.3 is 15.0 Å². The molecule has 2 aromatic carbocycles. The molecule has 0 spiro atoms. The van der Waals surface area contributed by atoms with Gasteiger partial charge in [-0.1, -0.05) is 12.1 Å². The minimum absolute atomic E-state index is 0.0355. The summed E-state index contributed by atoms with van der Waals surface area (Å²) in [5.74, 6) is -0.0756. The number of amides is 2. The smallest absolute Gasteiger partial charge is 0.253 e. The van der Waals surface area contributed by atoms with Crippen LogP contribution in [0, 0.1) is 11.7 Å². The molecular weight excluding hydrogens is 397 g/mol. The van der Waals surface area contributed by atoms with Gasteiger partial charge in [-0.25, -0.2) is 4.39 Å². The Kier molecular flexibility index (Phi) is 6.21. The summed E-state index contributed by atoms with van der Waals surface area (Å²) in [6, 6.07) is 16.4. The van der Waals surface area contributed by atoms with Crippen LogP contribution in [0.1, 0.15) is 23.2 Å². The molecule has 0 atom stereocenters. The monoisotopic (exact) mass is 419 g/mol. The maximum atomic E-state index is 13.7. The summed E-state index contributed by atoms with van der Waals surface area (Å²) in [6.07, 6.45) is 4.41. The number of aromatic nitrogens is 1. The van der Waals surface area contributed by atoms with Crippen molar-refractivity contribution in [3.8, 4) is 11.5 Å². The highest BCUT2D eigenvalue weighted by Crippen LogP contribution is 2.26. The van der Waals surface area contributed by atoms with Gasteiger partial charge in [-0.05, 0) is 61.4 Å². The lowest BCUT2D eigenvalue weighted by atomic mass is 9.95. The van der Waals surface area contributed by atoms with E-state index >= 15 is 0 Å². The van der Waals surface area contributed by atoms with Crippen LogP contribution < -0.4 is 10.1 Å². The Morgan fingerprint density at radius 2 is 1.65 bits per heavy atom. The SMILES string of the molecule is O=C(Nc1ccc(Oc2ccccc2F)cc1)C1CCN(C(=O)c2ccncc2)CC1. The maximum Gasteiger partial charge on any atom is 0.253 e. The average Bonchev–Trinajstić information content (AvgIpc) is 2.82. The van der Waals surface area contributed by atoms with E-state index < -0.39 is 5.82 Å². The van der Waals surface area contributed by atoms with Crippen LogP contribution >= 0.6 is 0 Å². The zero-order valence-corrected chi connectivity index (χ0v) is 16.8. The molecule has 0 saturated carbocycles. The van der Waals surface area contributed by atoms with E-state index in [2.05, 4.69) is 10.3 Å². The van der Waals surface area contributed by atoms with Gasteiger partial charge in [0.1, 0.15) is 5.75 Å². The van der Waals surface area contributed by atoms with Gasteiger partial charge in [-0.3, -0.25) is 14.6 Å². The predicted molar refractivity (Wildman–Crippen MR) is 114 cm³/mol. The number of ether oxygens (including phenoxy) is 1. The molecule has 7 heteroatoms. The van der Waals surface area contributed by atoms with E-state index in [9.17, 15) is 14.0 Å². The second kappa shape index (κ2) is 9.38. The Bertz CT molecular complexity index is 1050. The molecule has 2 amide bonds. The Morgan fingerprint density at radius 3 is 2.32 bits per heavy atom. The molecule has 2 heterocycles. The quantitative estimate of drug-likeness (QED) is 0.661. The number of carbonyl (C=O) groups is 2. The number of benzene rings is 2. The van der Waals surface area contributed by atoms with Gasteiger partial charge in [-0.2, -0.15) is 0 Å². The largest absolute Gasteiger partial charge is 0.454 e. The third-order valence-corrected chi connectivity index (χ3v) is 5.27. The number of likely N-dealkylation sites (tertiary alicyclic amines) is 1. The first kappa shape index (κ1) is 20.5. The highest BCUT2D eigenvalue weighted by atomic mass is 19.1. The van der Waals surface area contributed by atoms with Crippen LogP contribution in [0.3, 0.4) is 0 Å². The summed E-state index contributed by atoms with van der Waals surface area (Å²) in [6.45, 7) is 1.07. The van der Waals surface area contributed by atoms with Crippen molar-refractivity contribution < 1.29 is 18.7 Å². The van der Waals surface area contributed by atoms with Gasteiger partial charge >= 0.3 is 0 Å². The van der Waals surface area contributed by atoms with Crippen molar-refractivity contribution in [2.75, 3.05) is 18.4 Å². The van der Waals surface area contributed by atoms with Crippen molar-refractivity contribution in [2.45, 2.75) is 12.8 Å². The van der Waals surface area contributed by atoms with Crippen molar-refractivity contribution in [3.05, 3.63) is 84.4 Å². The number of carbonyl (C=O) groups excluding carboxylic acids is 2. The fourth-order valence-electron chi connectivity index (χ4n) is 3.53. The molecule has 6 nitrogen and oxygen atoms in total. The molecule has 1 aliphatic heterocycles. The molecule has 4 rings (SSSR count). The van der Waals surface area contributed by atoms with Crippen molar-refractivity contribution in [2.24, 2.45) is 5.92 Å². The van der Waals surface area contributed by atoms with Gasteiger partial charge in [0.05, 0.1) is 0 Å². The normalized spacial score (nSPS) is 14.2. The van der Waals surface area contributed by atoms with Crippen LogP contribution in [-0.2, 0) is 4.79 Å². The van der Waals surface area contributed by atoms with E-state index in [1.165, 1.54) is 6.07 Å². The van der Waals surface area contributed by atoms with Crippen molar-refractivity contribution >= 4 is 17.5 Å². The molecule has 1 saturated heterocycles. The number of hydrogen-bond acceptors (Lipinski definition) is 4. The van der Waals surface area contributed by atoms with Gasteiger partial charge in [0, 0.05) is 42.7 Å². The fourth-order valence-corrected chi connectivity index (χ4v) is 3.53. The van der Waals surface area contributed by atoms with Crippen molar-refractivity contribution in [1.29, 1.82) is 0 Å². The lowest BCUT2D eigenvalue weighted by Gasteiger charge is -2.31. The number of halogens is 1. The minimum Gasteiger partial charge on any atom is -0.454 e. The summed E-state index contributed by atoms with van der Waals surface area (Å²) in [5, 5.41) is 2.91. The average molecular weight is 419 g/mol. The van der Waals surface area contributed by atoms with Crippen LogP contribution in [0.4, 0.5) is 10.1 Å². The molecule has 0 bridgehead atoms. The number of rotatable bonds is 5. The van der Waals surface area contributed by atoms with Crippen LogP contribution in [-0.4, -0.2) is 34.8 Å². The number of hydrogen-bond donors (Lipinski definition) is 1. The molecule has 158 valence electrons. The first-order valence-corrected chi connectivity index (χ1v) is 10.1. The standard InChI is InChI=1S/C24H22FN3O3/c25-21-3-1-2-4-22(21)31-20-7-5-19(6-8-20)27-23(29)17-11-15-28(16-12-17)24(30)18-9-13-26-14-10-18/h1-10,13-14,17H,11-12,15-16H2,(H,27,29). The highest BCUT2D eigenvalue weighted by molar-refractivity contribution is 5.95. The van der Waals surface area contributed by atoms with Crippen molar-refractivity contribution in [3.63, 3.8) is 0 Å². The molecule has 1 aromatic heterocycles. The van der Waals surface area contributed by atoms with Crippen molar-refractivity contribution in [1.82, 2.24) is 9.88 Å². The second-order valence-corrected chi connectivity index (χ2v) is 7.35. The van der Waals surface area contributed by atoms with E-state index in [-0.39, 0.29) is 23.5 Å². The van der Waals surface area contributed by atoms with Gasteiger partial charge in [-0.15, -0.1) is 0 Å². The molecule has 3 aromatic rings. The second-order valence-electron chi connectivity index (χ2n) is 7.35. The summed E-state index contributed by atoms with van der Waals surface area (Å²) in [7, 11) is 0. The summed E-state index contributed by atoms with van der Waals surface area (Å²) >= 11 is 0. The predicted octanol–water partition coefficient (Wildman–Crippen LogP) is 4.50. The highest BCUT2D eigenvalue weighted by Gasteiger charge is 2.27. The molecule has 0 aliphatic carbocycles. The van der Waals surface area contributed by atoms with Crippen LogP contribution in [0.5, 0.6) is 11.5 Å². The van der Waals surface area contributed by atoms with Gasteiger partial charge in [0.25, 0.3) is 5.91 Å². The van der Waals surface area contributed by atoms with E-state index in [1.807, 2.05) is 0 Å². The lowest BCUT2D eigenvalue weighted by molar-refractivity contribution is -0.121. The fraction of sp³-hybridized carbons (Fsp3) is 0.208. The Balaban J connectivity index is 1.29. The summed E-state index contributed by atoms with van der Waals surface area (Å²) in [4.78, 5) is 30.8. The van der Waals surface area contributed by atoms with Gasteiger partial charge in [0.2, 0.25) is 5.91 Å². The topological polar surface area (TPSA) is 71.5 Å². The zero-order chi connectivity index (χ0) is 21.6. The van der Waals surface area contributed by atoms with E-state index in [4.69, 9.17) is 4.74 Å². The Morgan fingerprint density at radius 1 is 0.968 bits per heavy atom. The summed E-state index contributed by atoms with van der Waals surface area (Å²) in [5.41, 5.74) is 1.25. The number of anilines is 1. The first-order valence-electron chi connectivity index (χ1n) is 10.1. The maximum absolute atomic E-state index is 13.7. The molecular formula is C24H22FN3O3. The van der Waals surface area contributed by atoms with E-state index in [0.29, 0.717) is 42.9 Å². The lowest BCUT2D eigenvalue weighted by Crippen LogP contribution is -2.41. The number of nitrogens with one attached hydrogen (secondary N) is 1. The number of piperidine rings is 1. The van der Waals surface area contributed by atoms with E-state index in [1.54, 1.807) is 71.9 Å². The molecule has 1 fully saturated rings. The number of para-hydroxylation sites is 1. The molecule has 1 aliphatic rings.